The molecule has 3 atom stereocenters. The van der Waals surface area contributed by atoms with E-state index in [1.54, 1.807) is 53.4 Å². The Bertz CT molecular complexity index is 1130. The first-order chi connectivity index (χ1) is 15.9. The molecule has 3 amide bonds. The highest BCUT2D eigenvalue weighted by Gasteiger charge is 2.47. The van der Waals surface area contributed by atoms with Gasteiger partial charge >= 0.3 is 5.97 Å². The van der Waals surface area contributed by atoms with Crippen LogP contribution in [-0.4, -0.2) is 30.2 Å². The summed E-state index contributed by atoms with van der Waals surface area (Å²) in [7, 11) is 0. The van der Waals surface area contributed by atoms with E-state index in [1.807, 2.05) is 12.2 Å². The monoisotopic (exact) mass is 464 g/mol. The Kier molecular flexibility index (Phi) is 5.50. The van der Waals surface area contributed by atoms with Crippen LogP contribution in [0.25, 0.3) is 0 Å². The molecule has 168 valence electrons. The van der Waals surface area contributed by atoms with Gasteiger partial charge in [0, 0.05) is 23.7 Å². The number of allylic oxidation sites excluding steroid dienone is 2. The van der Waals surface area contributed by atoms with Gasteiger partial charge in [0.15, 0.2) is 0 Å². The number of halogens is 1. The van der Waals surface area contributed by atoms with Crippen molar-refractivity contribution in [2.75, 3.05) is 16.3 Å². The Balaban J connectivity index is 1.24. The number of carbonyl (C=O) groups is 4. The topological polar surface area (TPSA) is 84.0 Å². The normalized spacial score (nSPS) is 24.4. The van der Waals surface area contributed by atoms with Gasteiger partial charge in [-0.2, -0.15) is 0 Å². The maximum Gasteiger partial charge on any atom is 0.316 e. The van der Waals surface area contributed by atoms with Gasteiger partial charge < -0.3 is 9.64 Å². The first-order valence-electron chi connectivity index (χ1n) is 10.8. The molecule has 0 aromatic heterocycles. The third-order valence-electron chi connectivity index (χ3n) is 6.42. The van der Waals surface area contributed by atoms with Crippen LogP contribution in [0.15, 0.2) is 60.7 Å². The molecule has 3 aliphatic rings. The van der Waals surface area contributed by atoms with Crippen LogP contribution in [0, 0.1) is 17.8 Å². The number of hydrogen-bond donors (Lipinski definition) is 0. The van der Waals surface area contributed by atoms with Crippen LogP contribution in [0.5, 0.6) is 5.75 Å². The lowest BCUT2D eigenvalue weighted by Gasteiger charge is -2.17. The van der Waals surface area contributed by atoms with Crippen LogP contribution in [0.1, 0.15) is 19.3 Å². The zero-order valence-electron chi connectivity index (χ0n) is 17.6. The average molecular weight is 465 g/mol. The Morgan fingerprint density at radius 3 is 2.03 bits per heavy atom. The number of carbonyl (C=O) groups excluding carboxylic acids is 4. The number of rotatable bonds is 4. The molecular weight excluding hydrogens is 444 g/mol. The zero-order valence-corrected chi connectivity index (χ0v) is 18.4. The summed E-state index contributed by atoms with van der Waals surface area (Å²) in [5.41, 5.74) is 1.14. The second-order valence-electron chi connectivity index (χ2n) is 8.46. The summed E-state index contributed by atoms with van der Waals surface area (Å²) in [6.07, 6.45) is 5.11. The van der Waals surface area contributed by atoms with Crippen LogP contribution < -0.4 is 14.5 Å². The highest BCUT2D eigenvalue weighted by atomic mass is 35.5. The largest absolute Gasteiger partial charge is 0.426 e. The number of hydrogen-bond acceptors (Lipinski definition) is 5. The van der Waals surface area contributed by atoms with E-state index in [1.165, 1.54) is 4.90 Å². The molecule has 2 fully saturated rings. The van der Waals surface area contributed by atoms with Gasteiger partial charge in [0.1, 0.15) is 5.75 Å². The van der Waals surface area contributed by atoms with Crippen molar-refractivity contribution in [1.29, 1.82) is 0 Å². The fourth-order valence-corrected chi connectivity index (χ4v) is 4.78. The van der Waals surface area contributed by atoms with Crippen LogP contribution in [-0.2, 0) is 19.2 Å². The summed E-state index contributed by atoms with van der Waals surface area (Å²) in [4.78, 5) is 53.3. The molecule has 0 saturated carbocycles. The van der Waals surface area contributed by atoms with Crippen LogP contribution in [0.2, 0.25) is 5.02 Å². The molecule has 0 N–H and O–H groups in total. The summed E-state index contributed by atoms with van der Waals surface area (Å²) >= 11 is 5.90. The molecule has 0 unspecified atom stereocenters. The summed E-state index contributed by atoms with van der Waals surface area (Å²) in [5, 5.41) is 0.567. The Hall–Kier alpha value is -3.45. The SMILES string of the molecule is O=C(Oc1ccc(N2C(=O)[C@H]3CC=CC[C@H]3C2=O)cc1)[C@@H]1CC(=O)N(c2ccc(Cl)cc2)C1. The number of ether oxygens (including phenoxy) is 1. The van der Waals surface area contributed by atoms with Crippen molar-refractivity contribution in [3.8, 4) is 5.75 Å². The van der Waals surface area contributed by atoms with Crippen molar-refractivity contribution in [1.82, 2.24) is 0 Å². The maximum atomic E-state index is 12.7. The van der Waals surface area contributed by atoms with Gasteiger partial charge in [-0.25, -0.2) is 0 Å². The molecule has 1 aliphatic carbocycles. The first kappa shape index (κ1) is 21.4. The predicted octanol–water partition coefficient (Wildman–Crippen LogP) is 3.75. The summed E-state index contributed by atoms with van der Waals surface area (Å²) < 4.78 is 5.48. The van der Waals surface area contributed by atoms with Gasteiger partial charge in [-0.1, -0.05) is 23.8 Å². The molecule has 0 spiro atoms. The van der Waals surface area contributed by atoms with Gasteiger partial charge in [-0.15, -0.1) is 0 Å². The van der Waals surface area contributed by atoms with Crippen LogP contribution in [0.3, 0.4) is 0 Å². The zero-order chi connectivity index (χ0) is 23.1. The second kappa shape index (κ2) is 8.48. The van der Waals surface area contributed by atoms with Crippen molar-refractivity contribution < 1.29 is 23.9 Å². The molecule has 5 rings (SSSR count). The van der Waals surface area contributed by atoms with Gasteiger partial charge in [-0.05, 0) is 61.4 Å². The lowest BCUT2D eigenvalue weighted by atomic mass is 9.85. The molecule has 2 aliphatic heterocycles. The van der Waals surface area contributed by atoms with E-state index in [2.05, 4.69) is 0 Å². The van der Waals surface area contributed by atoms with E-state index in [4.69, 9.17) is 16.3 Å². The van der Waals surface area contributed by atoms with E-state index >= 15 is 0 Å². The summed E-state index contributed by atoms with van der Waals surface area (Å²) in [6.45, 7) is 0.227. The molecule has 7 nitrogen and oxygen atoms in total. The lowest BCUT2D eigenvalue weighted by molar-refractivity contribution is -0.139. The van der Waals surface area contributed by atoms with Crippen molar-refractivity contribution in [3.05, 3.63) is 65.7 Å². The minimum Gasteiger partial charge on any atom is -0.426 e. The van der Waals surface area contributed by atoms with Gasteiger partial charge in [-0.3, -0.25) is 24.1 Å². The fourth-order valence-electron chi connectivity index (χ4n) is 4.65. The maximum absolute atomic E-state index is 12.7. The standard InChI is InChI=1S/C25H21ClN2O5/c26-16-5-7-17(8-6-16)27-14-15(13-22(27)29)25(32)33-19-11-9-18(10-12-19)28-23(30)20-3-1-2-4-21(20)24(28)31/h1-2,5-12,15,20-21H,3-4,13-14H2/t15-,20-,21+/m1/s1. The smallest absolute Gasteiger partial charge is 0.316 e. The summed E-state index contributed by atoms with van der Waals surface area (Å²) in [6, 6.07) is 13.2. The van der Waals surface area contributed by atoms with Crippen molar-refractivity contribution in [3.63, 3.8) is 0 Å². The third-order valence-corrected chi connectivity index (χ3v) is 6.67. The number of benzene rings is 2. The molecule has 2 saturated heterocycles. The number of amides is 3. The Morgan fingerprint density at radius 2 is 1.42 bits per heavy atom. The summed E-state index contributed by atoms with van der Waals surface area (Å²) in [5.74, 6) is -1.94. The number of imide groups is 1. The Labute approximate surface area is 195 Å². The van der Waals surface area contributed by atoms with E-state index in [0.717, 1.165) is 0 Å². The van der Waals surface area contributed by atoms with Crippen LogP contribution in [0.4, 0.5) is 11.4 Å². The number of nitrogens with zero attached hydrogens (tertiary/aromatic N) is 2. The van der Waals surface area contributed by atoms with Crippen molar-refractivity contribution in [2.45, 2.75) is 19.3 Å². The van der Waals surface area contributed by atoms with E-state index in [9.17, 15) is 19.2 Å². The minimum absolute atomic E-state index is 0.0626. The molecule has 2 heterocycles. The molecule has 2 aromatic carbocycles. The molecule has 8 heteroatoms. The highest BCUT2D eigenvalue weighted by Crippen LogP contribution is 2.38. The number of esters is 1. The van der Waals surface area contributed by atoms with E-state index in [-0.39, 0.29) is 42.5 Å². The van der Waals surface area contributed by atoms with Crippen LogP contribution >= 0.6 is 11.6 Å². The van der Waals surface area contributed by atoms with Gasteiger partial charge in [0.05, 0.1) is 23.4 Å². The average Bonchev–Trinajstić information content (AvgIpc) is 3.33. The van der Waals surface area contributed by atoms with E-state index < -0.39 is 11.9 Å². The minimum atomic E-state index is -0.592. The number of fused-ring (bicyclic) bond motifs is 1. The fraction of sp³-hybridized carbons (Fsp3) is 0.280. The number of anilines is 2. The quantitative estimate of drug-likeness (QED) is 0.298. The molecular formula is C25H21ClN2O5. The second-order valence-corrected chi connectivity index (χ2v) is 8.90. The van der Waals surface area contributed by atoms with Crippen molar-refractivity contribution >= 4 is 46.7 Å². The third kappa shape index (κ3) is 3.93. The molecule has 0 bridgehead atoms. The predicted molar refractivity (Wildman–Crippen MR) is 122 cm³/mol. The molecule has 33 heavy (non-hydrogen) atoms. The first-order valence-corrected chi connectivity index (χ1v) is 11.2. The highest BCUT2D eigenvalue weighted by molar-refractivity contribution is 6.30. The van der Waals surface area contributed by atoms with Gasteiger partial charge in [0.25, 0.3) is 0 Å². The van der Waals surface area contributed by atoms with Crippen molar-refractivity contribution in [2.24, 2.45) is 17.8 Å². The Morgan fingerprint density at radius 1 is 0.848 bits per heavy atom. The molecule has 2 aromatic rings. The van der Waals surface area contributed by atoms with E-state index in [0.29, 0.717) is 35.0 Å². The van der Waals surface area contributed by atoms with Gasteiger partial charge in [0.2, 0.25) is 17.7 Å². The lowest BCUT2D eigenvalue weighted by Crippen LogP contribution is -2.30. The molecule has 0 radical (unpaired) electrons.